The molecule has 5 nitrogen and oxygen atoms in total. The number of rotatable bonds is 3. The van der Waals surface area contributed by atoms with Gasteiger partial charge in [-0.3, -0.25) is 0 Å². The number of aliphatic hydroxyl groups is 1. The summed E-state index contributed by atoms with van der Waals surface area (Å²) in [7, 11) is 1.55. The van der Waals surface area contributed by atoms with Gasteiger partial charge in [0.05, 0.1) is 7.11 Å². The second-order valence-electron chi connectivity index (χ2n) is 3.21. The van der Waals surface area contributed by atoms with Gasteiger partial charge in [0.2, 0.25) is 5.88 Å². The first-order chi connectivity index (χ1) is 7.81. The monoisotopic (exact) mass is 217 g/mol. The molecule has 0 saturated heterocycles. The Morgan fingerprint density at radius 1 is 1.12 bits per heavy atom. The van der Waals surface area contributed by atoms with Crippen LogP contribution in [0.2, 0.25) is 0 Å². The predicted molar refractivity (Wildman–Crippen MR) is 56.9 cm³/mol. The van der Waals surface area contributed by atoms with E-state index in [9.17, 15) is 5.11 Å². The molecule has 1 atom stereocenters. The molecule has 2 heterocycles. The van der Waals surface area contributed by atoms with E-state index in [-0.39, 0.29) is 0 Å². The molecular weight excluding hydrogens is 206 g/mol. The third-order valence-electron chi connectivity index (χ3n) is 2.18. The van der Waals surface area contributed by atoms with Crippen molar-refractivity contribution in [1.82, 2.24) is 15.0 Å². The lowest BCUT2D eigenvalue weighted by atomic mass is 10.1. The molecule has 0 fully saturated rings. The van der Waals surface area contributed by atoms with E-state index in [1.165, 1.54) is 6.33 Å². The van der Waals surface area contributed by atoms with Crippen LogP contribution >= 0.6 is 0 Å². The average molecular weight is 217 g/mol. The zero-order chi connectivity index (χ0) is 11.4. The van der Waals surface area contributed by atoms with Crippen molar-refractivity contribution in [1.29, 1.82) is 0 Å². The molecule has 16 heavy (non-hydrogen) atoms. The first kappa shape index (κ1) is 10.5. The quantitative estimate of drug-likeness (QED) is 0.829. The van der Waals surface area contributed by atoms with Gasteiger partial charge in [0.1, 0.15) is 12.4 Å². The van der Waals surface area contributed by atoms with Crippen LogP contribution in [-0.4, -0.2) is 27.2 Å². The fourth-order valence-corrected chi connectivity index (χ4v) is 1.32. The van der Waals surface area contributed by atoms with Crippen molar-refractivity contribution >= 4 is 0 Å². The minimum Gasteiger partial charge on any atom is -0.481 e. The van der Waals surface area contributed by atoms with E-state index in [4.69, 9.17) is 4.74 Å². The van der Waals surface area contributed by atoms with Crippen molar-refractivity contribution in [2.24, 2.45) is 0 Å². The number of aliphatic hydroxyl groups excluding tert-OH is 1. The number of nitrogens with zero attached hydrogens (tertiary/aromatic N) is 3. The van der Waals surface area contributed by atoms with E-state index in [1.807, 2.05) is 0 Å². The van der Waals surface area contributed by atoms with Crippen LogP contribution in [0.5, 0.6) is 5.88 Å². The summed E-state index contributed by atoms with van der Waals surface area (Å²) >= 11 is 0. The van der Waals surface area contributed by atoms with Gasteiger partial charge in [0.25, 0.3) is 0 Å². The van der Waals surface area contributed by atoms with Crippen molar-refractivity contribution in [3.63, 3.8) is 0 Å². The molecule has 0 saturated carbocycles. The third-order valence-corrected chi connectivity index (χ3v) is 2.18. The van der Waals surface area contributed by atoms with Crippen molar-refractivity contribution < 1.29 is 9.84 Å². The minimum absolute atomic E-state index is 0.514. The van der Waals surface area contributed by atoms with E-state index in [1.54, 1.807) is 37.8 Å². The molecule has 0 aliphatic carbocycles. The molecule has 0 spiro atoms. The Bertz CT molecular complexity index is 445. The molecule has 0 aliphatic rings. The summed E-state index contributed by atoms with van der Waals surface area (Å²) in [4.78, 5) is 11.7. The topological polar surface area (TPSA) is 68.1 Å². The van der Waals surface area contributed by atoms with E-state index in [2.05, 4.69) is 15.0 Å². The standard InChI is InChI=1S/C11H11N3O2/c1-16-10-3-2-8(6-14-10)11(15)9-4-12-7-13-5-9/h2-7,11,15H,1H3. The third kappa shape index (κ3) is 2.14. The van der Waals surface area contributed by atoms with Crippen molar-refractivity contribution in [2.75, 3.05) is 7.11 Å². The fraction of sp³-hybridized carbons (Fsp3) is 0.182. The molecular formula is C11H11N3O2. The Kier molecular flexibility index (Phi) is 3.07. The largest absolute Gasteiger partial charge is 0.481 e. The molecule has 0 aromatic carbocycles. The molecule has 0 bridgehead atoms. The van der Waals surface area contributed by atoms with Crippen LogP contribution in [0.3, 0.4) is 0 Å². The van der Waals surface area contributed by atoms with Crippen molar-refractivity contribution in [3.05, 3.63) is 48.2 Å². The minimum atomic E-state index is -0.764. The van der Waals surface area contributed by atoms with E-state index in [0.717, 1.165) is 0 Å². The van der Waals surface area contributed by atoms with Gasteiger partial charge < -0.3 is 9.84 Å². The van der Waals surface area contributed by atoms with Gasteiger partial charge in [0.15, 0.2) is 0 Å². The highest BCUT2D eigenvalue weighted by atomic mass is 16.5. The van der Waals surface area contributed by atoms with Gasteiger partial charge in [0, 0.05) is 35.8 Å². The molecule has 2 aromatic rings. The van der Waals surface area contributed by atoms with Crippen LogP contribution < -0.4 is 4.74 Å². The molecule has 82 valence electrons. The van der Waals surface area contributed by atoms with Gasteiger partial charge in [-0.2, -0.15) is 0 Å². The maximum atomic E-state index is 9.99. The molecule has 1 unspecified atom stereocenters. The number of pyridine rings is 1. The zero-order valence-electron chi connectivity index (χ0n) is 8.74. The second-order valence-corrected chi connectivity index (χ2v) is 3.21. The predicted octanol–water partition coefficient (Wildman–Crippen LogP) is 0.962. The van der Waals surface area contributed by atoms with Crippen molar-refractivity contribution in [3.8, 4) is 5.88 Å². The highest BCUT2D eigenvalue weighted by Gasteiger charge is 2.11. The van der Waals surface area contributed by atoms with Crippen LogP contribution in [0, 0.1) is 0 Å². The first-order valence-corrected chi connectivity index (χ1v) is 4.74. The Hall–Kier alpha value is -2.01. The lowest BCUT2D eigenvalue weighted by molar-refractivity contribution is 0.218. The number of aromatic nitrogens is 3. The molecule has 2 rings (SSSR count). The normalized spacial score (nSPS) is 12.1. The van der Waals surface area contributed by atoms with E-state index in [0.29, 0.717) is 17.0 Å². The van der Waals surface area contributed by atoms with Crippen LogP contribution in [0.1, 0.15) is 17.2 Å². The Morgan fingerprint density at radius 2 is 1.88 bits per heavy atom. The Labute approximate surface area is 92.8 Å². The maximum absolute atomic E-state index is 9.99. The first-order valence-electron chi connectivity index (χ1n) is 4.74. The van der Waals surface area contributed by atoms with Gasteiger partial charge in [-0.05, 0) is 6.07 Å². The van der Waals surface area contributed by atoms with Gasteiger partial charge in [-0.1, -0.05) is 0 Å². The highest BCUT2D eigenvalue weighted by Crippen LogP contribution is 2.20. The van der Waals surface area contributed by atoms with E-state index >= 15 is 0 Å². The summed E-state index contributed by atoms with van der Waals surface area (Å²) in [6.45, 7) is 0. The summed E-state index contributed by atoms with van der Waals surface area (Å²) in [6, 6.07) is 3.45. The Morgan fingerprint density at radius 3 is 2.44 bits per heavy atom. The summed E-state index contributed by atoms with van der Waals surface area (Å²) in [5, 5.41) is 9.99. The van der Waals surface area contributed by atoms with Crippen LogP contribution in [0.25, 0.3) is 0 Å². The number of hydrogen-bond donors (Lipinski definition) is 1. The van der Waals surface area contributed by atoms with Crippen LogP contribution in [0.4, 0.5) is 0 Å². The van der Waals surface area contributed by atoms with Gasteiger partial charge in [-0.15, -0.1) is 0 Å². The molecule has 1 N–H and O–H groups in total. The van der Waals surface area contributed by atoms with Crippen molar-refractivity contribution in [2.45, 2.75) is 6.10 Å². The summed E-state index contributed by atoms with van der Waals surface area (Å²) in [6.07, 6.45) is 5.36. The number of hydrogen-bond acceptors (Lipinski definition) is 5. The smallest absolute Gasteiger partial charge is 0.212 e. The lowest BCUT2D eigenvalue weighted by Gasteiger charge is -2.10. The van der Waals surface area contributed by atoms with Crippen LogP contribution in [0.15, 0.2) is 37.1 Å². The molecule has 0 radical (unpaired) electrons. The summed E-state index contributed by atoms with van der Waals surface area (Å²) in [5.74, 6) is 0.514. The second kappa shape index (κ2) is 4.67. The van der Waals surface area contributed by atoms with Crippen LogP contribution in [-0.2, 0) is 0 Å². The molecule has 2 aromatic heterocycles. The number of methoxy groups -OCH3 is 1. The van der Waals surface area contributed by atoms with Gasteiger partial charge >= 0.3 is 0 Å². The number of ether oxygens (including phenoxy) is 1. The lowest BCUT2D eigenvalue weighted by Crippen LogP contribution is -2.01. The Balaban J connectivity index is 2.24. The fourth-order valence-electron chi connectivity index (χ4n) is 1.32. The molecule has 0 amide bonds. The summed E-state index contributed by atoms with van der Waals surface area (Å²) in [5.41, 5.74) is 1.31. The van der Waals surface area contributed by atoms with Gasteiger partial charge in [-0.25, -0.2) is 15.0 Å². The summed E-state index contributed by atoms with van der Waals surface area (Å²) < 4.78 is 4.94. The van der Waals surface area contributed by atoms with E-state index < -0.39 is 6.10 Å². The maximum Gasteiger partial charge on any atom is 0.212 e. The highest BCUT2D eigenvalue weighted by molar-refractivity contribution is 5.26. The zero-order valence-corrected chi connectivity index (χ0v) is 8.74. The molecule has 0 aliphatic heterocycles. The average Bonchev–Trinajstić information content (AvgIpc) is 2.39. The molecule has 5 heteroatoms. The SMILES string of the molecule is COc1ccc(C(O)c2cncnc2)cn1.